The van der Waals surface area contributed by atoms with Crippen molar-refractivity contribution >= 4 is 22.8 Å². The highest BCUT2D eigenvalue weighted by Gasteiger charge is 2.60. The number of urea groups is 1. The minimum absolute atomic E-state index is 0.0115. The molecule has 2 aromatic carbocycles. The van der Waals surface area contributed by atoms with E-state index in [4.69, 9.17) is 0 Å². The summed E-state index contributed by atoms with van der Waals surface area (Å²) in [6.07, 6.45) is 0.205. The molecule has 5 rings (SSSR count). The second-order valence-electron chi connectivity index (χ2n) is 10.3. The Bertz CT molecular complexity index is 1360. The normalized spacial score (nSPS) is 21.3. The Morgan fingerprint density at radius 1 is 1.22 bits per heavy atom. The summed E-state index contributed by atoms with van der Waals surface area (Å²) in [7, 11) is 0. The molecule has 2 atom stereocenters. The van der Waals surface area contributed by atoms with Crippen LogP contribution in [0.25, 0.3) is 10.9 Å². The van der Waals surface area contributed by atoms with E-state index in [0.29, 0.717) is 34.6 Å². The average Bonchev–Trinajstić information content (AvgIpc) is 3.27. The third kappa shape index (κ3) is 4.29. The Labute approximate surface area is 213 Å². The number of nitrogens with one attached hydrogen (secondary N) is 2. The second-order valence-corrected chi connectivity index (χ2v) is 10.3. The largest absolute Gasteiger partial charge is 0.508 e. The van der Waals surface area contributed by atoms with Crippen LogP contribution in [0.5, 0.6) is 11.5 Å². The number of carbonyl (C=O) groups excluding carboxylic acids is 2. The number of halogens is 2. The number of ether oxygens (including phenoxy) is 1. The number of phenolic OH excluding ortho intramolecular Hbond substituents is 1. The Hall–Kier alpha value is -3.66. The number of H-pyrrole nitrogens is 1. The Balaban J connectivity index is 1.61. The number of phenols is 1. The second kappa shape index (κ2) is 9.33. The number of fused-ring (bicyclic) bond motifs is 4. The van der Waals surface area contributed by atoms with Gasteiger partial charge in [-0.05, 0) is 60.8 Å². The lowest BCUT2D eigenvalue weighted by molar-refractivity contribution is -0.133. The molecule has 3 amide bonds. The van der Waals surface area contributed by atoms with E-state index in [2.05, 4.69) is 28.9 Å². The molecule has 0 aliphatic carbocycles. The zero-order valence-corrected chi connectivity index (χ0v) is 20.9. The molecule has 10 heteroatoms. The van der Waals surface area contributed by atoms with E-state index in [1.165, 1.54) is 23.1 Å². The number of carbonyl (C=O) groups is 2. The summed E-state index contributed by atoms with van der Waals surface area (Å²) < 4.78 is 30.4. The summed E-state index contributed by atoms with van der Waals surface area (Å²) >= 11 is 0. The lowest BCUT2D eigenvalue weighted by Crippen LogP contribution is -2.53. The van der Waals surface area contributed by atoms with Crippen molar-refractivity contribution in [3.05, 3.63) is 59.3 Å². The third-order valence-corrected chi connectivity index (χ3v) is 7.11. The molecule has 196 valence electrons. The van der Waals surface area contributed by atoms with Crippen LogP contribution in [0.1, 0.15) is 43.6 Å². The summed E-state index contributed by atoms with van der Waals surface area (Å²) in [5.41, 5.74) is 1.53. The maximum atomic E-state index is 13.8. The quantitative estimate of drug-likeness (QED) is 0.307. The number of nitrogens with zero attached hydrogens (tertiary/aromatic N) is 2. The number of aromatic amines is 1. The minimum Gasteiger partial charge on any atom is -0.508 e. The SMILES string of the molecule is CC(C)CNCCN1C(=O)N2C(c3cccc(O)c3)c3[nH]c4ccc(OC(F)F)cc4c3C[C@@]2(C)C1=O. The van der Waals surface area contributed by atoms with Gasteiger partial charge < -0.3 is 20.1 Å². The molecule has 1 saturated heterocycles. The van der Waals surface area contributed by atoms with Gasteiger partial charge in [0.2, 0.25) is 0 Å². The summed E-state index contributed by atoms with van der Waals surface area (Å²) in [4.78, 5) is 33.8. The first-order chi connectivity index (χ1) is 17.6. The van der Waals surface area contributed by atoms with E-state index in [0.717, 1.165) is 12.1 Å². The van der Waals surface area contributed by atoms with E-state index in [1.54, 1.807) is 36.1 Å². The molecular weight excluding hydrogens is 482 g/mol. The molecule has 0 radical (unpaired) electrons. The van der Waals surface area contributed by atoms with E-state index in [-0.39, 0.29) is 30.4 Å². The first kappa shape index (κ1) is 25.0. The van der Waals surface area contributed by atoms with Crippen LogP contribution >= 0.6 is 0 Å². The topological polar surface area (TPSA) is 97.9 Å². The van der Waals surface area contributed by atoms with Crippen molar-refractivity contribution in [1.29, 1.82) is 0 Å². The molecule has 1 unspecified atom stereocenters. The summed E-state index contributed by atoms with van der Waals surface area (Å²) in [5.74, 6) is 0.162. The van der Waals surface area contributed by atoms with Crippen molar-refractivity contribution in [3.8, 4) is 11.5 Å². The number of amides is 3. The Kier molecular flexibility index (Phi) is 6.31. The van der Waals surface area contributed by atoms with Crippen LogP contribution in [0.2, 0.25) is 0 Å². The number of alkyl halides is 2. The minimum atomic E-state index is -2.97. The monoisotopic (exact) mass is 512 g/mol. The van der Waals surface area contributed by atoms with E-state index in [9.17, 15) is 23.5 Å². The van der Waals surface area contributed by atoms with Crippen LogP contribution in [-0.4, -0.2) is 63.6 Å². The predicted molar refractivity (Wildman–Crippen MR) is 134 cm³/mol. The fourth-order valence-corrected chi connectivity index (χ4v) is 5.49. The molecule has 0 spiro atoms. The van der Waals surface area contributed by atoms with Gasteiger partial charge in [-0.2, -0.15) is 8.78 Å². The third-order valence-electron chi connectivity index (χ3n) is 7.11. The van der Waals surface area contributed by atoms with Crippen molar-refractivity contribution in [2.24, 2.45) is 5.92 Å². The lowest BCUT2D eigenvalue weighted by Gasteiger charge is -2.42. The smallest absolute Gasteiger partial charge is 0.387 e. The molecule has 37 heavy (non-hydrogen) atoms. The van der Waals surface area contributed by atoms with Crippen molar-refractivity contribution in [2.75, 3.05) is 19.6 Å². The van der Waals surface area contributed by atoms with Gasteiger partial charge in [-0.25, -0.2) is 4.79 Å². The van der Waals surface area contributed by atoms with Crippen molar-refractivity contribution in [2.45, 2.75) is 45.4 Å². The first-order valence-corrected chi connectivity index (χ1v) is 12.3. The van der Waals surface area contributed by atoms with Gasteiger partial charge >= 0.3 is 12.6 Å². The van der Waals surface area contributed by atoms with Crippen LogP contribution in [0.15, 0.2) is 42.5 Å². The number of imide groups is 1. The van der Waals surface area contributed by atoms with Crippen LogP contribution in [0.3, 0.4) is 0 Å². The highest BCUT2D eigenvalue weighted by atomic mass is 19.3. The number of rotatable bonds is 8. The molecule has 0 saturated carbocycles. The highest BCUT2D eigenvalue weighted by molar-refractivity contribution is 6.08. The molecular formula is C27H30F2N4O4. The first-order valence-electron chi connectivity index (χ1n) is 12.3. The van der Waals surface area contributed by atoms with E-state index >= 15 is 0 Å². The molecule has 1 fully saturated rings. The standard InChI is InChI=1S/C27H30F2N4O4/c1-15(2)14-30-9-10-32-24(35)27(3)13-20-19-12-18(37-25(28)29)7-8-21(19)31-22(20)23(33(27)26(32)36)16-5-4-6-17(34)11-16/h4-8,11-12,15,23,25,30-31,34H,9-10,13-14H2,1-3H3/t23?,27-/m0/s1. The van der Waals surface area contributed by atoms with Gasteiger partial charge in [0.05, 0.1) is 0 Å². The number of hydrogen-bond acceptors (Lipinski definition) is 5. The fourth-order valence-electron chi connectivity index (χ4n) is 5.49. The summed E-state index contributed by atoms with van der Waals surface area (Å²) in [6, 6.07) is 10.1. The molecule has 2 aliphatic heterocycles. The molecule has 8 nitrogen and oxygen atoms in total. The summed E-state index contributed by atoms with van der Waals surface area (Å²) in [6.45, 7) is 4.40. The van der Waals surface area contributed by atoms with Gasteiger partial charge in [0.1, 0.15) is 23.1 Å². The van der Waals surface area contributed by atoms with Gasteiger partial charge in [0, 0.05) is 36.1 Å². The van der Waals surface area contributed by atoms with Gasteiger partial charge in [0.25, 0.3) is 5.91 Å². The molecule has 2 aliphatic rings. The Morgan fingerprint density at radius 2 is 2.00 bits per heavy atom. The fraction of sp³-hybridized carbons (Fsp3) is 0.407. The number of aromatic hydroxyl groups is 1. The van der Waals surface area contributed by atoms with E-state index < -0.39 is 24.2 Å². The number of aromatic nitrogens is 1. The average molecular weight is 513 g/mol. The number of benzene rings is 2. The maximum Gasteiger partial charge on any atom is 0.387 e. The highest BCUT2D eigenvalue weighted by Crippen LogP contribution is 2.49. The molecule has 3 heterocycles. The molecule has 1 aromatic heterocycles. The zero-order valence-electron chi connectivity index (χ0n) is 20.9. The van der Waals surface area contributed by atoms with Crippen molar-refractivity contribution in [3.63, 3.8) is 0 Å². The van der Waals surface area contributed by atoms with Crippen molar-refractivity contribution < 1.29 is 28.2 Å². The van der Waals surface area contributed by atoms with Crippen LogP contribution < -0.4 is 10.1 Å². The van der Waals surface area contributed by atoms with Gasteiger partial charge in [-0.3, -0.25) is 14.6 Å². The van der Waals surface area contributed by atoms with E-state index in [1.807, 2.05) is 0 Å². The molecule has 3 N–H and O–H groups in total. The van der Waals surface area contributed by atoms with Crippen molar-refractivity contribution in [1.82, 2.24) is 20.1 Å². The summed E-state index contributed by atoms with van der Waals surface area (Å²) in [5, 5.41) is 14.2. The van der Waals surface area contributed by atoms with Gasteiger partial charge in [-0.15, -0.1) is 0 Å². The molecule has 3 aromatic rings. The maximum absolute atomic E-state index is 13.8. The van der Waals surface area contributed by atoms with Crippen LogP contribution in [0.4, 0.5) is 13.6 Å². The lowest BCUT2D eigenvalue weighted by atomic mass is 9.81. The van der Waals surface area contributed by atoms with Gasteiger partial charge in [-0.1, -0.05) is 26.0 Å². The van der Waals surface area contributed by atoms with Gasteiger partial charge in [0.15, 0.2) is 0 Å². The van der Waals surface area contributed by atoms with Crippen LogP contribution in [-0.2, 0) is 11.2 Å². The molecule has 0 bridgehead atoms. The predicted octanol–water partition coefficient (Wildman–Crippen LogP) is 4.39. The zero-order chi connectivity index (χ0) is 26.5. The Morgan fingerprint density at radius 3 is 2.70 bits per heavy atom. The van der Waals surface area contributed by atoms with Crippen LogP contribution in [0, 0.1) is 5.92 Å². The number of hydrogen-bond donors (Lipinski definition) is 3.